The molecule has 2 amide bonds. The maximum absolute atomic E-state index is 11.5. The zero-order valence-corrected chi connectivity index (χ0v) is 7.23. The van der Waals surface area contributed by atoms with Crippen molar-refractivity contribution in [1.82, 2.24) is 10.8 Å². The van der Waals surface area contributed by atoms with Crippen LogP contribution < -0.4 is 10.8 Å². The van der Waals surface area contributed by atoms with Gasteiger partial charge in [-0.05, 0) is 13.8 Å². The van der Waals surface area contributed by atoms with E-state index in [-0.39, 0.29) is 6.04 Å². The Morgan fingerprint density at radius 1 is 1.46 bits per heavy atom. The zero-order chi connectivity index (χ0) is 10.5. The van der Waals surface area contributed by atoms with Crippen LogP contribution >= 0.6 is 0 Å². The molecule has 0 fully saturated rings. The fourth-order valence-corrected chi connectivity index (χ4v) is 0.475. The molecule has 0 saturated carbocycles. The second-order valence-corrected chi connectivity index (χ2v) is 2.63. The quantitative estimate of drug-likeness (QED) is 0.672. The van der Waals surface area contributed by atoms with E-state index in [9.17, 15) is 18.0 Å². The van der Waals surface area contributed by atoms with Gasteiger partial charge in [0.05, 0.1) is 0 Å². The number of hydrogen-bond acceptors (Lipinski definition) is 2. The molecule has 0 heterocycles. The molecule has 0 aliphatic carbocycles. The van der Waals surface area contributed by atoms with Crippen molar-refractivity contribution in [3.05, 3.63) is 0 Å². The third kappa shape index (κ3) is 8.93. The van der Waals surface area contributed by atoms with Crippen LogP contribution in [-0.4, -0.2) is 24.9 Å². The van der Waals surface area contributed by atoms with E-state index in [1.807, 2.05) is 0 Å². The van der Waals surface area contributed by atoms with Crippen LogP contribution in [0.15, 0.2) is 0 Å². The van der Waals surface area contributed by atoms with Crippen molar-refractivity contribution < 1.29 is 22.8 Å². The summed E-state index contributed by atoms with van der Waals surface area (Å²) in [5, 5.41) is 2.29. The molecule has 78 valence electrons. The number of urea groups is 1. The lowest BCUT2D eigenvalue weighted by Crippen LogP contribution is -2.40. The SMILES string of the molecule is CC(C)NC(=O)NOCC(F)(F)F. The molecule has 0 atom stereocenters. The number of nitrogens with one attached hydrogen (secondary N) is 2. The number of alkyl halides is 3. The highest BCUT2D eigenvalue weighted by molar-refractivity contribution is 5.72. The fraction of sp³-hybridized carbons (Fsp3) is 0.833. The predicted octanol–water partition coefficient (Wildman–Crippen LogP) is 1.19. The summed E-state index contributed by atoms with van der Waals surface area (Å²) in [4.78, 5) is 14.5. The fourth-order valence-electron chi connectivity index (χ4n) is 0.475. The molecule has 2 N–H and O–H groups in total. The van der Waals surface area contributed by atoms with Crippen molar-refractivity contribution >= 4 is 6.03 Å². The lowest BCUT2D eigenvalue weighted by molar-refractivity contribution is -0.184. The van der Waals surface area contributed by atoms with E-state index in [1.165, 1.54) is 0 Å². The van der Waals surface area contributed by atoms with Crippen molar-refractivity contribution in [3.8, 4) is 0 Å². The molecule has 0 rings (SSSR count). The Bertz CT molecular complexity index is 170. The first-order chi connectivity index (χ1) is 5.81. The predicted molar refractivity (Wildman–Crippen MR) is 38.8 cm³/mol. The maximum Gasteiger partial charge on any atom is 0.414 e. The zero-order valence-electron chi connectivity index (χ0n) is 7.23. The van der Waals surface area contributed by atoms with Gasteiger partial charge in [-0.15, -0.1) is 0 Å². The Hall–Kier alpha value is -0.980. The minimum atomic E-state index is -4.44. The van der Waals surface area contributed by atoms with Gasteiger partial charge in [0.2, 0.25) is 0 Å². The third-order valence-corrected chi connectivity index (χ3v) is 0.820. The van der Waals surface area contributed by atoms with E-state index in [4.69, 9.17) is 0 Å². The molecule has 0 bridgehead atoms. The molecular weight excluding hydrogens is 189 g/mol. The lowest BCUT2D eigenvalue weighted by atomic mass is 10.4. The van der Waals surface area contributed by atoms with Gasteiger partial charge in [0.25, 0.3) is 0 Å². The van der Waals surface area contributed by atoms with Crippen molar-refractivity contribution in [2.45, 2.75) is 26.1 Å². The summed E-state index contributed by atoms with van der Waals surface area (Å²) in [6.07, 6.45) is -4.44. The Morgan fingerprint density at radius 3 is 2.38 bits per heavy atom. The molecule has 0 aliphatic rings. The Balaban J connectivity index is 3.49. The van der Waals surface area contributed by atoms with Crippen LogP contribution in [0.4, 0.5) is 18.0 Å². The summed E-state index contributed by atoms with van der Waals surface area (Å²) in [5.41, 5.74) is 1.60. The minimum absolute atomic E-state index is 0.158. The molecule has 0 aromatic heterocycles. The number of carbonyl (C=O) groups excluding carboxylic acids is 1. The Kier molecular flexibility index (Phi) is 4.53. The molecular formula is C6H11F3N2O2. The van der Waals surface area contributed by atoms with Crippen LogP contribution in [0.2, 0.25) is 0 Å². The van der Waals surface area contributed by atoms with E-state index in [2.05, 4.69) is 10.2 Å². The van der Waals surface area contributed by atoms with Crippen molar-refractivity contribution in [3.63, 3.8) is 0 Å². The van der Waals surface area contributed by atoms with Gasteiger partial charge in [-0.3, -0.25) is 4.84 Å². The first-order valence-corrected chi connectivity index (χ1v) is 3.56. The minimum Gasteiger partial charge on any atom is -0.334 e. The summed E-state index contributed by atoms with van der Waals surface area (Å²) in [6.45, 7) is 1.84. The van der Waals surface area contributed by atoms with E-state index < -0.39 is 18.8 Å². The molecule has 0 aliphatic heterocycles. The third-order valence-electron chi connectivity index (χ3n) is 0.820. The van der Waals surface area contributed by atoms with Crippen LogP contribution in [0.3, 0.4) is 0 Å². The summed E-state index contributed by atoms with van der Waals surface area (Å²) >= 11 is 0. The first-order valence-electron chi connectivity index (χ1n) is 3.56. The molecule has 0 unspecified atom stereocenters. The standard InChI is InChI=1S/C6H11F3N2O2/c1-4(2)10-5(12)11-13-3-6(7,8)9/h4H,3H2,1-2H3,(H2,10,11,12). The number of hydroxylamine groups is 1. The maximum atomic E-state index is 11.5. The highest BCUT2D eigenvalue weighted by Gasteiger charge is 2.28. The second kappa shape index (κ2) is 4.90. The van der Waals surface area contributed by atoms with Gasteiger partial charge in [-0.1, -0.05) is 0 Å². The van der Waals surface area contributed by atoms with Gasteiger partial charge in [-0.25, -0.2) is 10.3 Å². The van der Waals surface area contributed by atoms with E-state index in [0.29, 0.717) is 0 Å². The van der Waals surface area contributed by atoms with E-state index in [0.717, 1.165) is 0 Å². The average Bonchev–Trinajstić information content (AvgIpc) is 1.81. The summed E-state index contributed by atoms with van der Waals surface area (Å²) in [5.74, 6) is 0. The monoisotopic (exact) mass is 200 g/mol. The highest BCUT2D eigenvalue weighted by atomic mass is 19.4. The van der Waals surface area contributed by atoms with Crippen molar-refractivity contribution in [1.29, 1.82) is 0 Å². The first kappa shape index (κ1) is 12.0. The Morgan fingerprint density at radius 2 is 2.00 bits per heavy atom. The Labute approximate surface area is 73.4 Å². The van der Waals surface area contributed by atoms with Gasteiger partial charge in [-0.2, -0.15) is 13.2 Å². The summed E-state index contributed by atoms with van der Waals surface area (Å²) < 4.78 is 34.4. The molecule has 0 spiro atoms. The number of carbonyl (C=O) groups is 1. The van der Waals surface area contributed by atoms with Gasteiger partial charge in [0.1, 0.15) is 0 Å². The van der Waals surface area contributed by atoms with E-state index in [1.54, 1.807) is 19.3 Å². The highest BCUT2D eigenvalue weighted by Crippen LogP contribution is 2.13. The number of hydrogen-bond donors (Lipinski definition) is 2. The second-order valence-electron chi connectivity index (χ2n) is 2.63. The molecule has 13 heavy (non-hydrogen) atoms. The van der Waals surface area contributed by atoms with Crippen molar-refractivity contribution in [2.24, 2.45) is 0 Å². The van der Waals surface area contributed by atoms with Gasteiger partial charge in [0, 0.05) is 6.04 Å². The van der Waals surface area contributed by atoms with Crippen LogP contribution in [-0.2, 0) is 4.84 Å². The van der Waals surface area contributed by atoms with E-state index >= 15 is 0 Å². The molecule has 0 aromatic carbocycles. The normalized spacial score (nSPS) is 11.5. The molecule has 7 heteroatoms. The number of rotatable bonds is 3. The van der Waals surface area contributed by atoms with Crippen LogP contribution in [0.25, 0.3) is 0 Å². The van der Waals surface area contributed by atoms with Gasteiger partial charge >= 0.3 is 12.2 Å². The smallest absolute Gasteiger partial charge is 0.334 e. The molecule has 4 nitrogen and oxygen atoms in total. The largest absolute Gasteiger partial charge is 0.414 e. The van der Waals surface area contributed by atoms with Crippen LogP contribution in [0.5, 0.6) is 0 Å². The molecule has 0 saturated heterocycles. The summed E-state index contributed by atoms with van der Waals surface area (Å²) in [7, 11) is 0. The van der Waals surface area contributed by atoms with Crippen LogP contribution in [0.1, 0.15) is 13.8 Å². The van der Waals surface area contributed by atoms with Gasteiger partial charge < -0.3 is 5.32 Å². The topological polar surface area (TPSA) is 50.4 Å². The number of amides is 2. The average molecular weight is 200 g/mol. The summed E-state index contributed by atoms with van der Waals surface area (Å²) in [6, 6.07) is -0.950. The van der Waals surface area contributed by atoms with Gasteiger partial charge in [0.15, 0.2) is 6.61 Å². The van der Waals surface area contributed by atoms with Crippen LogP contribution in [0, 0.1) is 0 Å². The van der Waals surface area contributed by atoms with Crippen molar-refractivity contribution in [2.75, 3.05) is 6.61 Å². The number of halogens is 3. The molecule has 0 aromatic rings. The lowest BCUT2D eigenvalue weighted by Gasteiger charge is -2.10. The molecule has 0 radical (unpaired) electrons.